The third-order valence-electron chi connectivity index (χ3n) is 8.14. The molecule has 0 aromatic rings. The van der Waals surface area contributed by atoms with Gasteiger partial charge in [-0.1, -0.05) is 93.7 Å². The molecule has 0 aromatic carbocycles. The molecule has 1 aliphatic rings. The van der Waals surface area contributed by atoms with E-state index in [1.54, 1.807) is 0 Å². The number of amides is 2. The van der Waals surface area contributed by atoms with Crippen LogP contribution in [0, 0.1) is 0 Å². The highest BCUT2D eigenvalue weighted by molar-refractivity contribution is 5.96. The molecule has 0 heterocycles. The van der Waals surface area contributed by atoms with E-state index in [-0.39, 0.29) is 30.1 Å². The van der Waals surface area contributed by atoms with Gasteiger partial charge in [0.15, 0.2) is 0 Å². The first-order valence-electron chi connectivity index (χ1n) is 18.5. The Morgan fingerprint density at radius 1 is 0.837 bits per heavy atom. The van der Waals surface area contributed by atoms with Crippen LogP contribution in [0.2, 0.25) is 0 Å². The van der Waals surface area contributed by atoms with Crippen molar-refractivity contribution in [3.05, 3.63) is 84.6 Å². The van der Waals surface area contributed by atoms with Crippen LogP contribution in [-0.4, -0.2) is 55.7 Å². The topological polar surface area (TPSA) is 120 Å². The molecule has 0 radical (unpaired) electrons. The van der Waals surface area contributed by atoms with Crippen molar-refractivity contribution in [2.45, 2.75) is 141 Å². The zero-order chi connectivity index (χ0) is 36.0. The zero-order valence-corrected chi connectivity index (χ0v) is 30.7. The second-order valence-corrected chi connectivity index (χ2v) is 12.4. The number of allylic oxidation sites excluding steroid dienone is 12. The van der Waals surface area contributed by atoms with E-state index in [1.807, 2.05) is 12.2 Å². The minimum atomic E-state index is -0.765. The maximum absolute atomic E-state index is 13.1. The molecule has 1 rings (SSSR count). The van der Waals surface area contributed by atoms with Crippen molar-refractivity contribution >= 4 is 17.8 Å². The van der Waals surface area contributed by atoms with E-state index in [9.17, 15) is 14.4 Å². The molecule has 0 saturated carbocycles. The molecular weight excluding hydrogens is 614 g/mol. The Morgan fingerprint density at radius 3 is 1.92 bits per heavy atom. The summed E-state index contributed by atoms with van der Waals surface area (Å²) in [7, 11) is 1.31. The van der Waals surface area contributed by atoms with E-state index in [0.717, 1.165) is 51.4 Å². The molecule has 49 heavy (non-hydrogen) atoms. The molecule has 2 amide bonds. The van der Waals surface area contributed by atoms with Crippen LogP contribution in [0.1, 0.15) is 117 Å². The minimum Gasteiger partial charge on any atom is -0.467 e. The molecule has 8 nitrogen and oxygen atoms in total. The molecule has 0 aliphatic heterocycles. The molecule has 3 unspecified atom stereocenters. The Balaban J connectivity index is 2.23. The zero-order valence-electron chi connectivity index (χ0n) is 30.7. The largest absolute Gasteiger partial charge is 0.467 e. The third-order valence-corrected chi connectivity index (χ3v) is 8.14. The summed E-state index contributed by atoms with van der Waals surface area (Å²) in [5.41, 5.74) is 6.77. The number of carbonyl (C=O) groups excluding carboxylic acids is 3. The molecular formula is C41H65N3O5. The van der Waals surface area contributed by atoms with Crippen molar-refractivity contribution in [3.63, 3.8) is 0 Å². The van der Waals surface area contributed by atoms with Crippen LogP contribution >= 0.6 is 0 Å². The number of esters is 1. The fourth-order valence-electron chi connectivity index (χ4n) is 5.30. The van der Waals surface area contributed by atoms with Crippen LogP contribution in [0.5, 0.6) is 0 Å². The van der Waals surface area contributed by atoms with E-state index in [4.69, 9.17) is 15.2 Å². The Morgan fingerprint density at radius 2 is 1.39 bits per heavy atom. The van der Waals surface area contributed by atoms with Crippen LogP contribution in [0.25, 0.3) is 0 Å². The van der Waals surface area contributed by atoms with Crippen molar-refractivity contribution in [1.29, 1.82) is 0 Å². The van der Waals surface area contributed by atoms with Gasteiger partial charge in [-0.2, -0.15) is 0 Å². The summed E-state index contributed by atoms with van der Waals surface area (Å²) in [6.07, 6.45) is 39.3. The van der Waals surface area contributed by atoms with Crippen LogP contribution in [0.4, 0.5) is 0 Å². The van der Waals surface area contributed by atoms with Gasteiger partial charge in [0, 0.05) is 24.6 Å². The molecule has 0 spiro atoms. The van der Waals surface area contributed by atoms with Gasteiger partial charge in [-0.25, -0.2) is 4.79 Å². The predicted molar refractivity (Wildman–Crippen MR) is 203 cm³/mol. The van der Waals surface area contributed by atoms with Crippen LogP contribution in [0.15, 0.2) is 84.6 Å². The quantitative estimate of drug-likeness (QED) is 0.0484. The second kappa shape index (κ2) is 29.4. The number of carbonyl (C=O) groups is 3. The van der Waals surface area contributed by atoms with Gasteiger partial charge >= 0.3 is 5.97 Å². The van der Waals surface area contributed by atoms with E-state index < -0.39 is 12.0 Å². The highest BCUT2D eigenvalue weighted by atomic mass is 16.5. The Bertz CT molecular complexity index is 1130. The fourth-order valence-corrected chi connectivity index (χ4v) is 5.30. The monoisotopic (exact) mass is 679 g/mol. The average Bonchev–Trinajstić information content (AvgIpc) is 3.10. The Kier molecular flexibility index (Phi) is 26.1. The third kappa shape index (κ3) is 22.7. The molecule has 4 N–H and O–H groups in total. The van der Waals surface area contributed by atoms with Crippen molar-refractivity contribution in [2.75, 3.05) is 13.7 Å². The highest BCUT2D eigenvalue weighted by Gasteiger charge is 2.28. The van der Waals surface area contributed by atoms with Gasteiger partial charge in [-0.05, 0) is 96.0 Å². The van der Waals surface area contributed by atoms with Gasteiger partial charge in [-0.3, -0.25) is 9.59 Å². The van der Waals surface area contributed by atoms with Gasteiger partial charge in [0.2, 0.25) is 11.8 Å². The van der Waals surface area contributed by atoms with Crippen LogP contribution < -0.4 is 16.4 Å². The lowest BCUT2D eigenvalue weighted by Crippen LogP contribution is -2.44. The first-order chi connectivity index (χ1) is 23.8. The number of nitrogens with one attached hydrogen (secondary N) is 2. The van der Waals surface area contributed by atoms with Crippen molar-refractivity contribution < 1.29 is 23.9 Å². The SMILES string of the molecule is CC/C=C\C/C=C\C/C=C\C/C=C\C/C=C\C/C=C\CCC(=O)NCCCCC(NC(=O)C1=CC(OC(CC)CC)CC(N)C1)C(=O)OC. The molecule has 0 fully saturated rings. The van der Waals surface area contributed by atoms with E-state index in [1.165, 1.54) is 7.11 Å². The Labute approximate surface area is 297 Å². The van der Waals surface area contributed by atoms with E-state index in [0.29, 0.717) is 57.1 Å². The van der Waals surface area contributed by atoms with Gasteiger partial charge in [-0.15, -0.1) is 0 Å². The van der Waals surface area contributed by atoms with Gasteiger partial charge in [0.25, 0.3) is 0 Å². The molecule has 8 heteroatoms. The highest BCUT2D eigenvalue weighted by Crippen LogP contribution is 2.23. The second-order valence-electron chi connectivity index (χ2n) is 12.4. The average molecular weight is 680 g/mol. The summed E-state index contributed by atoms with van der Waals surface area (Å²) in [5, 5.41) is 5.78. The first-order valence-corrected chi connectivity index (χ1v) is 18.5. The first kappa shape index (κ1) is 43.5. The minimum absolute atomic E-state index is 0.00285. The van der Waals surface area contributed by atoms with Crippen LogP contribution in [-0.2, 0) is 23.9 Å². The normalized spacial score (nSPS) is 17.7. The summed E-state index contributed by atoms with van der Waals surface area (Å²) in [4.78, 5) is 37.7. The molecule has 0 saturated heterocycles. The molecule has 274 valence electrons. The van der Waals surface area contributed by atoms with Gasteiger partial charge in [0.05, 0.1) is 19.3 Å². The summed E-state index contributed by atoms with van der Waals surface area (Å²) in [6.45, 7) is 6.82. The Hall–Kier alpha value is -3.49. The number of rotatable bonds is 26. The standard InChI is InChI=1S/C41H65N3O5/c1-5-8-9-10-11-12-13-14-15-16-17-18-19-20-21-22-23-24-25-29-39(45)43-30-27-26-28-38(41(47)48-4)44-40(46)34-31-35(42)33-37(32-34)49-36(6-2)7-3/h8-9,11-12,14-15,17-18,20-21,23-24,32,35-38H,5-7,10,13,16,19,22,25-31,33,42H2,1-4H3,(H,43,45)(H,44,46)/b9-8-,12-11-,15-14-,18-17-,21-20-,24-23-. The number of hydrogen-bond acceptors (Lipinski definition) is 6. The molecule has 3 atom stereocenters. The van der Waals surface area contributed by atoms with E-state index in [2.05, 4.69) is 98.2 Å². The van der Waals surface area contributed by atoms with E-state index >= 15 is 0 Å². The number of methoxy groups -OCH3 is 1. The van der Waals surface area contributed by atoms with Crippen molar-refractivity contribution in [2.24, 2.45) is 5.73 Å². The van der Waals surface area contributed by atoms with Crippen molar-refractivity contribution in [3.8, 4) is 0 Å². The predicted octanol–water partition coefficient (Wildman–Crippen LogP) is 8.03. The summed E-state index contributed by atoms with van der Waals surface area (Å²) in [5.74, 6) is -0.797. The smallest absolute Gasteiger partial charge is 0.328 e. The number of ether oxygens (including phenoxy) is 2. The lowest BCUT2D eigenvalue weighted by Gasteiger charge is -2.29. The molecule has 0 bridgehead atoms. The van der Waals surface area contributed by atoms with Crippen molar-refractivity contribution in [1.82, 2.24) is 10.6 Å². The number of unbranched alkanes of at least 4 members (excludes halogenated alkanes) is 1. The maximum Gasteiger partial charge on any atom is 0.328 e. The summed E-state index contributed by atoms with van der Waals surface area (Å²) in [6, 6.07) is -0.941. The number of nitrogens with two attached hydrogens (primary N) is 1. The lowest BCUT2D eigenvalue weighted by molar-refractivity contribution is -0.145. The van der Waals surface area contributed by atoms with Gasteiger partial charge in [0.1, 0.15) is 6.04 Å². The number of hydrogen-bond donors (Lipinski definition) is 3. The summed E-state index contributed by atoms with van der Waals surface area (Å²) >= 11 is 0. The lowest BCUT2D eigenvalue weighted by atomic mass is 9.92. The van der Waals surface area contributed by atoms with Crippen LogP contribution in [0.3, 0.4) is 0 Å². The van der Waals surface area contributed by atoms with Gasteiger partial charge < -0.3 is 25.8 Å². The molecule has 1 aliphatic carbocycles. The fraction of sp³-hybridized carbons (Fsp3) is 0.585. The maximum atomic E-state index is 13.1. The summed E-state index contributed by atoms with van der Waals surface area (Å²) < 4.78 is 11.1. The molecule has 0 aromatic heterocycles.